The van der Waals surface area contributed by atoms with Crippen LogP contribution in [0.5, 0.6) is 0 Å². The van der Waals surface area contributed by atoms with E-state index in [9.17, 15) is 0 Å². The Hall–Kier alpha value is -1.40. The van der Waals surface area contributed by atoms with Gasteiger partial charge < -0.3 is 9.47 Å². The molecule has 0 unspecified atom stereocenters. The van der Waals surface area contributed by atoms with Gasteiger partial charge >= 0.3 is 0 Å². The van der Waals surface area contributed by atoms with Gasteiger partial charge in [0.25, 0.3) is 0 Å². The van der Waals surface area contributed by atoms with E-state index in [0.717, 1.165) is 41.2 Å². The molecule has 0 amide bonds. The molecule has 3 heterocycles. The largest absolute Gasteiger partial charge is 0.347 e. The number of halogens is 1. The number of rotatable bonds is 4. The average Bonchev–Trinajstić information content (AvgIpc) is 3.07. The maximum absolute atomic E-state index is 4.75. The number of thiazole rings is 1. The fourth-order valence-electron chi connectivity index (χ4n) is 2.96. The van der Waals surface area contributed by atoms with Gasteiger partial charge in [0.05, 0.1) is 10.2 Å². The molecule has 0 N–H and O–H groups in total. The molecule has 1 saturated heterocycles. The van der Waals surface area contributed by atoms with Crippen molar-refractivity contribution in [3.8, 4) is 0 Å². The van der Waals surface area contributed by atoms with Crippen LogP contribution < -0.4 is 4.90 Å². The summed E-state index contributed by atoms with van der Waals surface area (Å²) in [4.78, 5) is 11.5. The van der Waals surface area contributed by atoms with Crippen LogP contribution in [0.25, 0.3) is 10.2 Å². The number of hydrogen-bond acceptors (Lipinski definition) is 4. The summed E-state index contributed by atoms with van der Waals surface area (Å²) in [7, 11) is 0. The van der Waals surface area contributed by atoms with E-state index in [1.807, 2.05) is 6.20 Å². The molecule has 114 valence electrons. The molecule has 4 nitrogen and oxygen atoms in total. The summed E-state index contributed by atoms with van der Waals surface area (Å²) >= 11 is 5.30. The second kappa shape index (κ2) is 5.66. The summed E-state index contributed by atoms with van der Waals surface area (Å²) in [6.07, 6.45) is 4.99. The van der Waals surface area contributed by atoms with Crippen LogP contribution in [0.1, 0.15) is 12.7 Å². The van der Waals surface area contributed by atoms with Gasteiger partial charge in [-0.2, -0.15) is 0 Å². The standard InChI is InChI=1S/C16H17BrN4S/c1-2-15-18-5-6-20(15)8-11-9-21(10-11)16-19-13-4-3-12(17)7-14(13)22-16/h3-7,11H,2,8-10H2,1H3. The summed E-state index contributed by atoms with van der Waals surface area (Å²) in [5, 5.41) is 1.14. The van der Waals surface area contributed by atoms with Crippen LogP contribution in [0.4, 0.5) is 5.13 Å². The number of fused-ring (bicyclic) bond motifs is 1. The highest BCUT2D eigenvalue weighted by Gasteiger charge is 2.29. The third kappa shape index (κ3) is 2.54. The monoisotopic (exact) mass is 376 g/mol. The van der Waals surface area contributed by atoms with Crippen molar-refractivity contribution in [1.29, 1.82) is 0 Å². The van der Waals surface area contributed by atoms with Crippen molar-refractivity contribution in [3.63, 3.8) is 0 Å². The Morgan fingerprint density at radius 2 is 2.23 bits per heavy atom. The SMILES string of the molecule is CCc1nccn1CC1CN(c2nc3ccc(Br)cc3s2)C1. The topological polar surface area (TPSA) is 34.0 Å². The molecule has 2 aromatic heterocycles. The predicted molar refractivity (Wildman–Crippen MR) is 94.6 cm³/mol. The van der Waals surface area contributed by atoms with Gasteiger partial charge in [-0.15, -0.1) is 0 Å². The van der Waals surface area contributed by atoms with Crippen LogP contribution in [0.3, 0.4) is 0 Å². The van der Waals surface area contributed by atoms with Crippen LogP contribution in [-0.4, -0.2) is 27.6 Å². The minimum absolute atomic E-state index is 0.693. The van der Waals surface area contributed by atoms with Gasteiger partial charge in [0.15, 0.2) is 5.13 Å². The number of imidazole rings is 1. The Balaban J connectivity index is 1.43. The Labute approximate surface area is 141 Å². The van der Waals surface area contributed by atoms with Crippen molar-refractivity contribution in [1.82, 2.24) is 14.5 Å². The normalized spacial score (nSPS) is 15.5. The number of hydrogen-bond donors (Lipinski definition) is 0. The number of aryl methyl sites for hydroxylation is 1. The maximum Gasteiger partial charge on any atom is 0.186 e. The van der Waals surface area contributed by atoms with E-state index in [4.69, 9.17) is 4.98 Å². The van der Waals surface area contributed by atoms with Crippen molar-refractivity contribution >= 4 is 42.6 Å². The summed E-state index contributed by atoms with van der Waals surface area (Å²) in [6, 6.07) is 6.28. The molecule has 0 saturated carbocycles. The third-order valence-corrected chi connectivity index (χ3v) is 5.71. The lowest BCUT2D eigenvalue weighted by molar-refractivity contribution is 0.353. The lowest BCUT2D eigenvalue weighted by atomic mass is 10.0. The first kappa shape index (κ1) is 14.2. The number of anilines is 1. The van der Waals surface area contributed by atoms with E-state index >= 15 is 0 Å². The lowest BCUT2D eigenvalue weighted by Crippen LogP contribution is -2.48. The summed E-state index contributed by atoms with van der Waals surface area (Å²) in [5.74, 6) is 1.88. The maximum atomic E-state index is 4.75. The first-order chi connectivity index (χ1) is 10.7. The highest BCUT2D eigenvalue weighted by atomic mass is 79.9. The molecular weight excluding hydrogens is 360 g/mol. The molecule has 1 aromatic carbocycles. The molecular formula is C16H17BrN4S. The van der Waals surface area contributed by atoms with Crippen LogP contribution in [0.2, 0.25) is 0 Å². The van der Waals surface area contributed by atoms with Gasteiger partial charge in [0.2, 0.25) is 0 Å². The molecule has 22 heavy (non-hydrogen) atoms. The molecule has 0 radical (unpaired) electrons. The van der Waals surface area contributed by atoms with E-state index in [2.05, 4.69) is 61.7 Å². The van der Waals surface area contributed by atoms with Crippen LogP contribution >= 0.6 is 27.3 Å². The Morgan fingerprint density at radius 1 is 1.36 bits per heavy atom. The first-order valence-electron chi connectivity index (χ1n) is 7.54. The van der Waals surface area contributed by atoms with Gasteiger partial charge in [0.1, 0.15) is 5.82 Å². The van der Waals surface area contributed by atoms with Gasteiger partial charge in [-0.05, 0) is 18.2 Å². The number of benzene rings is 1. The zero-order valence-corrected chi connectivity index (χ0v) is 14.8. The predicted octanol–water partition coefficient (Wildman–Crippen LogP) is 3.95. The smallest absolute Gasteiger partial charge is 0.186 e. The van der Waals surface area contributed by atoms with Crippen LogP contribution in [0.15, 0.2) is 35.1 Å². The Bertz CT molecular complexity index is 803. The molecule has 6 heteroatoms. The minimum Gasteiger partial charge on any atom is -0.347 e. The van der Waals surface area contributed by atoms with Gasteiger partial charge in [-0.1, -0.05) is 34.2 Å². The minimum atomic E-state index is 0.693. The average molecular weight is 377 g/mol. The Morgan fingerprint density at radius 3 is 3.05 bits per heavy atom. The first-order valence-corrected chi connectivity index (χ1v) is 9.15. The molecule has 0 atom stereocenters. The van der Waals surface area contributed by atoms with Crippen LogP contribution in [-0.2, 0) is 13.0 Å². The second-order valence-electron chi connectivity index (χ2n) is 5.73. The summed E-state index contributed by atoms with van der Waals surface area (Å²) in [6.45, 7) is 5.39. The second-order valence-corrected chi connectivity index (χ2v) is 7.65. The third-order valence-electron chi connectivity index (χ3n) is 4.14. The highest BCUT2D eigenvalue weighted by Crippen LogP contribution is 2.34. The zero-order chi connectivity index (χ0) is 15.1. The van der Waals surface area contributed by atoms with Crippen molar-refractivity contribution < 1.29 is 0 Å². The van der Waals surface area contributed by atoms with Crippen molar-refractivity contribution in [2.45, 2.75) is 19.9 Å². The molecule has 0 spiro atoms. The molecule has 4 rings (SSSR count). The number of nitrogens with zero attached hydrogens (tertiary/aromatic N) is 4. The van der Waals surface area contributed by atoms with E-state index in [1.54, 1.807) is 11.3 Å². The Kier molecular flexibility index (Phi) is 3.66. The highest BCUT2D eigenvalue weighted by molar-refractivity contribution is 9.10. The van der Waals surface area contributed by atoms with E-state index < -0.39 is 0 Å². The van der Waals surface area contributed by atoms with E-state index in [-0.39, 0.29) is 0 Å². The fraction of sp³-hybridized carbons (Fsp3) is 0.375. The molecule has 0 bridgehead atoms. The summed E-state index contributed by atoms with van der Waals surface area (Å²) < 4.78 is 4.65. The quantitative estimate of drug-likeness (QED) is 0.690. The van der Waals surface area contributed by atoms with Gasteiger partial charge in [0, 0.05) is 48.8 Å². The molecule has 3 aromatic rings. The molecule has 1 aliphatic heterocycles. The zero-order valence-electron chi connectivity index (χ0n) is 12.4. The lowest BCUT2D eigenvalue weighted by Gasteiger charge is -2.39. The van der Waals surface area contributed by atoms with Crippen molar-refractivity contribution in [2.75, 3.05) is 18.0 Å². The fourth-order valence-corrected chi connectivity index (χ4v) is 4.50. The van der Waals surface area contributed by atoms with Gasteiger partial charge in [-0.25, -0.2) is 9.97 Å². The van der Waals surface area contributed by atoms with Crippen molar-refractivity contribution in [3.05, 3.63) is 40.9 Å². The van der Waals surface area contributed by atoms with Crippen molar-refractivity contribution in [2.24, 2.45) is 5.92 Å². The van der Waals surface area contributed by atoms with E-state index in [1.165, 1.54) is 10.5 Å². The molecule has 1 aliphatic rings. The van der Waals surface area contributed by atoms with E-state index in [0.29, 0.717) is 5.92 Å². The molecule has 1 fully saturated rings. The van der Waals surface area contributed by atoms with Crippen LogP contribution in [0, 0.1) is 5.92 Å². The number of aromatic nitrogens is 3. The molecule has 0 aliphatic carbocycles. The van der Waals surface area contributed by atoms with Gasteiger partial charge in [-0.3, -0.25) is 0 Å². The summed E-state index contributed by atoms with van der Waals surface area (Å²) in [5.41, 5.74) is 1.09.